The van der Waals surface area contributed by atoms with Crippen LogP contribution in [0.5, 0.6) is 0 Å². The molecule has 8 nitrogen and oxygen atoms in total. The lowest BCUT2D eigenvalue weighted by Gasteiger charge is -2.26. The summed E-state index contributed by atoms with van der Waals surface area (Å²) < 4.78 is 32.5. The van der Waals surface area contributed by atoms with Gasteiger partial charge in [0.1, 0.15) is 6.04 Å². The van der Waals surface area contributed by atoms with Crippen LogP contribution in [0.1, 0.15) is 39.2 Å². The van der Waals surface area contributed by atoms with E-state index in [1.54, 1.807) is 49.6 Å². The summed E-state index contributed by atoms with van der Waals surface area (Å²) in [5.74, 6) is -0.181. The Kier molecular flexibility index (Phi) is 8.82. The van der Waals surface area contributed by atoms with E-state index < -0.39 is 22.0 Å². The maximum absolute atomic E-state index is 13.1. The lowest BCUT2D eigenvalue weighted by atomic mass is 10.0. The van der Waals surface area contributed by atoms with Crippen LogP contribution < -0.4 is 11.1 Å². The molecule has 0 aliphatic carbocycles. The van der Waals surface area contributed by atoms with Crippen LogP contribution in [0.25, 0.3) is 0 Å². The third kappa shape index (κ3) is 6.67. The van der Waals surface area contributed by atoms with Crippen molar-refractivity contribution >= 4 is 27.4 Å². The van der Waals surface area contributed by atoms with E-state index in [0.29, 0.717) is 31.0 Å². The first-order valence-electron chi connectivity index (χ1n) is 10.3. The van der Waals surface area contributed by atoms with E-state index in [-0.39, 0.29) is 11.5 Å². The first-order valence-corrected chi connectivity index (χ1v) is 11.8. The number of nitrogens with zero attached hydrogens (tertiary/aromatic N) is 2. The van der Waals surface area contributed by atoms with E-state index in [2.05, 4.69) is 10.3 Å². The zero-order valence-corrected chi connectivity index (χ0v) is 19.4. The number of carbonyl (C=O) groups excluding carboxylic acids is 1. The first-order chi connectivity index (χ1) is 14.7. The first kappa shape index (κ1) is 24.6. The molecule has 0 spiro atoms. The van der Waals surface area contributed by atoms with Gasteiger partial charge in [-0.25, -0.2) is 8.42 Å². The van der Waals surface area contributed by atoms with E-state index in [1.165, 1.54) is 7.05 Å². The molecule has 170 valence electrons. The number of rotatable bonds is 11. The monoisotopic (exact) mass is 448 g/mol. The van der Waals surface area contributed by atoms with Crippen molar-refractivity contribution < 1.29 is 17.9 Å². The molecule has 31 heavy (non-hydrogen) atoms. The molecule has 0 saturated heterocycles. The molecule has 0 aliphatic heterocycles. The Hall–Kier alpha value is -2.65. The molecule has 2 rings (SSSR count). The van der Waals surface area contributed by atoms with Gasteiger partial charge in [-0.1, -0.05) is 26.0 Å². The van der Waals surface area contributed by atoms with E-state index >= 15 is 0 Å². The number of sulfonamides is 1. The molecule has 1 heterocycles. The topological polar surface area (TPSA) is 115 Å². The molecular formula is C22H32N4O4S. The fourth-order valence-electron chi connectivity index (χ4n) is 3.06. The zero-order valence-electron chi connectivity index (χ0n) is 18.5. The van der Waals surface area contributed by atoms with Gasteiger partial charge in [0.2, 0.25) is 10.0 Å². The fourth-order valence-corrected chi connectivity index (χ4v) is 4.39. The van der Waals surface area contributed by atoms with Crippen LogP contribution in [0.2, 0.25) is 0 Å². The highest BCUT2D eigenvalue weighted by Gasteiger charge is 2.33. The van der Waals surface area contributed by atoms with Crippen molar-refractivity contribution in [2.24, 2.45) is 5.92 Å². The molecule has 0 saturated carbocycles. The second kappa shape index (κ2) is 11.1. The smallest absolute Gasteiger partial charge is 0.324 e. The molecule has 9 heteroatoms. The average Bonchev–Trinajstić information content (AvgIpc) is 2.73. The Morgan fingerprint density at radius 3 is 2.45 bits per heavy atom. The molecule has 1 aromatic heterocycles. The number of nitrogen functional groups attached to an aromatic ring is 1. The van der Waals surface area contributed by atoms with Crippen molar-refractivity contribution in [1.82, 2.24) is 9.29 Å². The maximum Gasteiger partial charge on any atom is 0.324 e. The van der Waals surface area contributed by atoms with Gasteiger partial charge < -0.3 is 15.8 Å². The Labute approximate surface area is 184 Å². The Morgan fingerprint density at radius 2 is 1.87 bits per heavy atom. The highest BCUT2D eigenvalue weighted by molar-refractivity contribution is 7.89. The van der Waals surface area contributed by atoms with Gasteiger partial charge in [0.15, 0.2) is 0 Å². The minimum absolute atomic E-state index is 0.126. The standard InChI is InChI=1S/C22H32N4O4S/c1-5-30-22(27)21(11-6-16(2)3)26(4)31(28,29)18-9-7-17(8-10-18)14-25-20-12-13-24-15-19(20)23/h7-10,12-13,15-16,21H,5-6,11,14,23H2,1-4H3,(H,24,25)/t21-/m0/s1. The van der Waals surface area contributed by atoms with Gasteiger partial charge in [-0.2, -0.15) is 4.31 Å². The van der Waals surface area contributed by atoms with Gasteiger partial charge in [-0.15, -0.1) is 0 Å². The van der Waals surface area contributed by atoms with Crippen molar-refractivity contribution in [3.05, 3.63) is 48.3 Å². The summed E-state index contributed by atoms with van der Waals surface area (Å²) in [6.07, 6.45) is 4.32. The number of carbonyl (C=O) groups is 1. The fraction of sp³-hybridized carbons (Fsp3) is 0.455. The quantitative estimate of drug-likeness (QED) is 0.507. The summed E-state index contributed by atoms with van der Waals surface area (Å²) >= 11 is 0. The molecule has 2 aromatic rings. The Morgan fingerprint density at radius 1 is 1.19 bits per heavy atom. The number of benzene rings is 1. The molecule has 0 amide bonds. The second-order valence-electron chi connectivity index (χ2n) is 7.72. The summed E-state index contributed by atoms with van der Waals surface area (Å²) in [7, 11) is -2.43. The molecular weight excluding hydrogens is 416 g/mol. The molecule has 1 aromatic carbocycles. The molecule has 0 aliphatic rings. The number of likely N-dealkylation sites (N-methyl/N-ethyl adjacent to an activating group) is 1. The largest absolute Gasteiger partial charge is 0.465 e. The Bertz CT molecular complexity index is 962. The molecule has 0 bridgehead atoms. The third-order valence-corrected chi connectivity index (χ3v) is 6.83. The molecule has 3 N–H and O–H groups in total. The number of nitrogens with one attached hydrogen (secondary N) is 1. The van der Waals surface area contributed by atoms with E-state index in [0.717, 1.165) is 15.6 Å². The molecule has 0 fully saturated rings. The van der Waals surface area contributed by atoms with Gasteiger partial charge in [-0.05, 0) is 49.4 Å². The number of aromatic nitrogens is 1. The van der Waals surface area contributed by atoms with Gasteiger partial charge >= 0.3 is 5.97 Å². The highest BCUT2D eigenvalue weighted by Crippen LogP contribution is 2.22. The van der Waals surface area contributed by atoms with Gasteiger partial charge in [0, 0.05) is 19.8 Å². The van der Waals surface area contributed by atoms with Crippen LogP contribution in [-0.4, -0.2) is 43.4 Å². The Balaban J connectivity index is 2.14. The maximum atomic E-state index is 13.1. The SMILES string of the molecule is CCOC(=O)[C@H](CCC(C)C)N(C)S(=O)(=O)c1ccc(CNc2ccncc2N)cc1. The number of pyridine rings is 1. The number of anilines is 2. The number of hydrogen-bond donors (Lipinski definition) is 2. The minimum Gasteiger partial charge on any atom is -0.465 e. The second-order valence-corrected chi connectivity index (χ2v) is 9.72. The van der Waals surface area contributed by atoms with E-state index in [9.17, 15) is 13.2 Å². The van der Waals surface area contributed by atoms with Crippen LogP contribution in [0.3, 0.4) is 0 Å². The summed E-state index contributed by atoms with van der Waals surface area (Å²) in [5.41, 5.74) is 8.05. The van der Waals surface area contributed by atoms with Crippen molar-refractivity contribution in [3.63, 3.8) is 0 Å². The number of ether oxygens (including phenoxy) is 1. The number of esters is 1. The van der Waals surface area contributed by atoms with Crippen molar-refractivity contribution in [2.75, 3.05) is 24.7 Å². The summed E-state index contributed by atoms with van der Waals surface area (Å²) in [6, 6.07) is 7.48. The third-order valence-electron chi connectivity index (χ3n) is 4.95. The van der Waals surface area contributed by atoms with Crippen LogP contribution in [-0.2, 0) is 26.1 Å². The predicted molar refractivity (Wildman–Crippen MR) is 122 cm³/mol. The lowest BCUT2D eigenvalue weighted by molar-refractivity contribution is -0.147. The van der Waals surface area contributed by atoms with Gasteiger partial charge in [-0.3, -0.25) is 9.78 Å². The average molecular weight is 449 g/mol. The van der Waals surface area contributed by atoms with Crippen molar-refractivity contribution in [2.45, 2.75) is 51.1 Å². The van der Waals surface area contributed by atoms with Crippen LogP contribution in [0, 0.1) is 5.92 Å². The van der Waals surface area contributed by atoms with Crippen molar-refractivity contribution in [3.8, 4) is 0 Å². The number of nitrogens with two attached hydrogens (primary N) is 1. The van der Waals surface area contributed by atoms with E-state index in [4.69, 9.17) is 10.5 Å². The highest BCUT2D eigenvalue weighted by atomic mass is 32.2. The minimum atomic E-state index is -3.86. The van der Waals surface area contributed by atoms with Crippen LogP contribution in [0.4, 0.5) is 11.4 Å². The summed E-state index contributed by atoms with van der Waals surface area (Å²) in [5, 5.41) is 3.20. The molecule has 1 atom stereocenters. The van der Waals surface area contributed by atoms with E-state index in [1.807, 2.05) is 13.8 Å². The number of hydrogen-bond acceptors (Lipinski definition) is 7. The normalized spacial score (nSPS) is 12.7. The predicted octanol–water partition coefficient (Wildman–Crippen LogP) is 3.26. The van der Waals surface area contributed by atoms with Crippen molar-refractivity contribution in [1.29, 1.82) is 0 Å². The molecule has 0 radical (unpaired) electrons. The van der Waals surface area contributed by atoms with Gasteiger partial charge in [0.25, 0.3) is 0 Å². The van der Waals surface area contributed by atoms with Crippen LogP contribution in [0.15, 0.2) is 47.6 Å². The zero-order chi connectivity index (χ0) is 23.0. The lowest BCUT2D eigenvalue weighted by Crippen LogP contribution is -2.43. The van der Waals surface area contributed by atoms with Gasteiger partial charge in [0.05, 0.1) is 29.1 Å². The van der Waals surface area contributed by atoms with Crippen LogP contribution >= 0.6 is 0 Å². The summed E-state index contributed by atoms with van der Waals surface area (Å²) in [4.78, 5) is 16.5. The summed E-state index contributed by atoms with van der Waals surface area (Å²) in [6.45, 7) is 6.45. The molecule has 0 unspecified atom stereocenters.